The first-order chi connectivity index (χ1) is 19.8. The van der Waals surface area contributed by atoms with E-state index in [4.69, 9.17) is 14.6 Å². The quantitative estimate of drug-likeness (QED) is 0.320. The summed E-state index contributed by atoms with van der Waals surface area (Å²) in [5.74, 6) is -1.51. The van der Waals surface area contributed by atoms with Crippen LogP contribution in [-0.2, 0) is 9.53 Å². The summed E-state index contributed by atoms with van der Waals surface area (Å²) in [5.41, 5.74) is 4.59. The van der Waals surface area contributed by atoms with Crippen LogP contribution in [0.25, 0.3) is 27.7 Å². The van der Waals surface area contributed by atoms with Crippen LogP contribution in [0.15, 0.2) is 73.7 Å². The fourth-order valence-corrected chi connectivity index (χ4v) is 3.82. The lowest BCUT2D eigenvalue weighted by atomic mass is 10.1. The minimum Gasteiger partial charge on any atom is -0.475 e. The second-order valence-electron chi connectivity index (χ2n) is 8.66. The first kappa shape index (κ1) is 27.4. The monoisotopic (exact) mass is 565 g/mol. The molecule has 3 aromatic heterocycles. The normalized spacial score (nSPS) is 13.4. The molecule has 0 atom stereocenters. The Balaban J connectivity index is 0.000000431. The Bertz CT molecular complexity index is 1620. The molecule has 12 nitrogen and oxygen atoms in total. The molecule has 1 saturated heterocycles. The molecule has 4 heterocycles. The number of rotatable bonds is 5. The Morgan fingerprint density at radius 1 is 0.951 bits per heavy atom. The number of benzene rings is 2. The van der Waals surface area contributed by atoms with Gasteiger partial charge in [0.2, 0.25) is 11.9 Å². The predicted octanol–water partition coefficient (Wildman–Crippen LogP) is 3.88. The van der Waals surface area contributed by atoms with Crippen molar-refractivity contribution in [2.24, 2.45) is 0 Å². The largest absolute Gasteiger partial charge is 0.490 e. The molecule has 2 aromatic carbocycles. The molecule has 0 bridgehead atoms. The number of hydrogen-bond acceptors (Lipinski definition) is 10. The number of carbonyl (C=O) groups is 1. The van der Waals surface area contributed by atoms with Crippen molar-refractivity contribution in [2.45, 2.75) is 6.18 Å². The van der Waals surface area contributed by atoms with E-state index in [1.165, 1.54) is 6.33 Å². The SMILES string of the molecule is O=C(O)C(F)(F)F.c1ncc(-c2ccc3cnc(Nc4ccc(-n5cnc(N6CCOCC6)n5)cc4)nc3c2)cn1. The van der Waals surface area contributed by atoms with Gasteiger partial charge in [-0.15, -0.1) is 5.10 Å². The van der Waals surface area contributed by atoms with Gasteiger partial charge in [-0.25, -0.2) is 29.4 Å². The van der Waals surface area contributed by atoms with Crippen molar-refractivity contribution < 1.29 is 27.8 Å². The number of nitrogens with zero attached hydrogens (tertiary/aromatic N) is 8. The topological polar surface area (TPSA) is 144 Å². The van der Waals surface area contributed by atoms with Gasteiger partial charge in [-0.3, -0.25) is 0 Å². The van der Waals surface area contributed by atoms with Gasteiger partial charge in [-0.05, 0) is 35.9 Å². The maximum Gasteiger partial charge on any atom is 0.490 e. The third kappa shape index (κ3) is 6.88. The summed E-state index contributed by atoms with van der Waals surface area (Å²) in [7, 11) is 0. The minimum atomic E-state index is -5.08. The molecule has 0 unspecified atom stereocenters. The highest BCUT2D eigenvalue weighted by Gasteiger charge is 2.38. The van der Waals surface area contributed by atoms with Gasteiger partial charge in [0.15, 0.2) is 0 Å². The molecule has 210 valence electrons. The zero-order valence-corrected chi connectivity index (χ0v) is 21.2. The maximum atomic E-state index is 10.6. The first-order valence-electron chi connectivity index (χ1n) is 12.2. The van der Waals surface area contributed by atoms with Crippen LogP contribution in [0.5, 0.6) is 0 Å². The lowest BCUT2D eigenvalue weighted by molar-refractivity contribution is -0.192. The third-order valence-corrected chi connectivity index (χ3v) is 5.88. The van der Waals surface area contributed by atoms with Crippen LogP contribution in [0.2, 0.25) is 0 Å². The number of hydrogen-bond donors (Lipinski definition) is 2. The number of aliphatic carboxylic acids is 1. The number of fused-ring (bicyclic) bond motifs is 1. The van der Waals surface area contributed by atoms with E-state index in [1.807, 2.05) is 48.7 Å². The van der Waals surface area contributed by atoms with E-state index in [9.17, 15) is 13.2 Å². The van der Waals surface area contributed by atoms with Crippen LogP contribution >= 0.6 is 0 Å². The molecular formula is C26H22F3N9O3. The highest BCUT2D eigenvalue weighted by atomic mass is 19.4. The van der Waals surface area contributed by atoms with Crippen molar-refractivity contribution in [1.82, 2.24) is 34.7 Å². The van der Waals surface area contributed by atoms with Gasteiger partial charge in [0, 0.05) is 48.3 Å². The van der Waals surface area contributed by atoms with E-state index in [0.717, 1.165) is 52.4 Å². The molecule has 0 aliphatic carbocycles. The second-order valence-corrected chi connectivity index (χ2v) is 8.66. The smallest absolute Gasteiger partial charge is 0.475 e. The molecule has 2 N–H and O–H groups in total. The number of anilines is 3. The fraction of sp³-hybridized carbons (Fsp3) is 0.192. The first-order valence-corrected chi connectivity index (χ1v) is 12.2. The van der Waals surface area contributed by atoms with E-state index in [-0.39, 0.29) is 0 Å². The van der Waals surface area contributed by atoms with Gasteiger partial charge >= 0.3 is 12.1 Å². The lowest BCUT2D eigenvalue weighted by Gasteiger charge is -2.25. The van der Waals surface area contributed by atoms with Crippen molar-refractivity contribution in [3.8, 4) is 16.8 Å². The van der Waals surface area contributed by atoms with E-state index in [1.54, 1.807) is 23.4 Å². The van der Waals surface area contributed by atoms with Crippen molar-refractivity contribution in [2.75, 3.05) is 36.5 Å². The highest BCUT2D eigenvalue weighted by molar-refractivity contribution is 5.84. The average molecular weight is 566 g/mol. The van der Waals surface area contributed by atoms with Gasteiger partial charge in [0.25, 0.3) is 0 Å². The standard InChI is InChI=1S/C24H21N9O.C2HF3O2/c1-2-18-14-27-23(30-22(18)11-17(1)19-12-25-15-26-13-19)29-20-3-5-21(6-4-20)33-16-28-24(31-33)32-7-9-34-10-8-32;3-2(4,5)1(6)7/h1-6,11-16H,7-10H2,(H,27,29,30);(H,6,7). The van der Waals surface area contributed by atoms with E-state index < -0.39 is 12.1 Å². The average Bonchev–Trinajstić information content (AvgIpc) is 3.49. The number of morpholine rings is 1. The van der Waals surface area contributed by atoms with Crippen molar-refractivity contribution in [3.63, 3.8) is 0 Å². The summed E-state index contributed by atoms with van der Waals surface area (Å²) in [5, 5.41) is 16.0. The number of ether oxygens (including phenoxy) is 1. The summed E-state index contributed by atoms with van der Waals surface area (Å²) in [6.45, 7) is 3.01. The molecule has 6 rings (SSSR count). The van der Waals surface area contributed by atoms with E-state index in [2.05, 4.69) is 40.2 Å². The van der Waals surface area contributed by atoms with Crippen molar-refractivity contribution in [1.29, 1.82) is 0 Å². The maximum absolute atomic E-state index is 10.6. The number of nitrogens with one attached hydrogen (secondary N) is 1. The summed E-state index contributed by atoms with van der Waals surface area (Å²) >= 11 is 0. The second kappa shape index (κ2) is 11.9. The Kier molecular flexibility index (Phi) is 7.96. The zero-order valence-electron chi connectivity index (χ0n) is 21.2. The Hall–Kier alpha value is -5.18. The summed E-state index contributed by atoms with van der Waals surface area (Å²) in [6.07, 6.45) is 3.55. The van der Waals surface area contributed by atoms with Crippen molar-refractivity contribution in [3.05, 3.63) is 73.7 Å². The Morgan fingerprint density at radius 3 is 2.34 bits per heavy atom. The van der Waals surface area contributed by atoms with E-state index >= 15 is 0 Å². The molecule has 1 aliphatic rings. The van der Waals surface area contributed by atoms with Crippen LogP contribution < -0.4 is 10.2 Å². The Labute approximate surface area is 230 Å². The lowest BCUT2D eigenvalue weighted by Crippen LogP contribution is -2.37. The van der Waals surface area contributed by atoms with Crippen LogP contribution in [-0.4, -0.2) is 78.3 Å². The van der Waals surface area contributed by atoms with Gasteiger partial charge in [0.05, 0.1) is 24.4 Å². The molecule has 41 heavy (non-hydrogen) atoms. The molecular weight excluding hydrogens is 543 g/mol. The molecule has 0 amide bonds. The van der Waals surface area contributed by atoms with Crippen LogP contribution in [0.1, 0.15) is 0 Å². The zero-order chi connectivity index (χ0) is 28.8. The molecule has 15 heteroatoms. The molecule has 0 radical (unpaired) electrons. The van der Waals surface area contributed by atoms with Gasteiger partial charge in [-0.2, -0.15) is 18.2 Å². The van der Waals surface area contributed by atoms with Crippen LogP contribution in [0.3, 0.4) is 0 Å². The molecule has 1 aliphatic heterocycles. The van der Waals surface area contributed by atoms with E-state index in [0.29, 0.717) is 19.2 Å². The number of aromatic nitrogens is 7. The Morgan fingerprint density at radius 2 is 1.66 bits per heavy atom. The minimum absolute atomic E-state index is 0.525. The third-order valence-electron chi connectivity index (χ3n) is 5.88. The van der Waals surface area contributed by atoms with Crippen LogP contribution in [0, 0.1) is 0 Å². The molecule has 0 saturated carbocycles. The number of carboxylic acid groups (broad SMARTS) is 1. The molecule has 5 aromatic rings. The summed E-state index contributed by atoms with van der Waals surface area (Å²) < 4.78 is 38.9. The predicted molar refractivity (Wildman–Crippen MR) is 142 cm³/mol. The fourth-order valence-electron chi connectivity index (χ4n) is 3.82. The highest BCUT2D eigenvalue weighted by Crippen LogP contribution is 2.24. The number of halogens is 3. The number of alkyl halides is 3. The van der Waals surface area contributed by atoms with Gasteiger partial charge in [0.1, 0.15) is 12.7 Å². The van der Waals surface area contributed by atoms with Gasteiger partial charge in [-0.1, -0.05) is 12.1 Å². The van der Waals surface area contributed by atoms with Gasteiger partial charge < -0.3 is 20.1 Å². The number of carboxylic acids is 1. The molecule has 0 spiro atoms. The van der Waals surface area contributed by atoms with Crippen LogP contribution in [0.4, 0.5) is 30.8 Å². The summed E-state index contributed by atoms with van der Waals surface area (Å²) in [4.78, 5) is 32.8. The van der Waals surface area contributed by atoms with Crippen molar-refractivity contribution >= 4 is 34.5 Å². The molecule has 1 fully saturated rings. The summed E-state index contributed by atoms with van der Waals surface area (Å²) in [6, 6.07) is 13.9.